The van der Waals surface area contributed by atoms with Gasteiger partial charge in [-0.1, -0.05) is 17.7 Å². The second kappa shape index (κ2) is 9.80. The number of nitrogens with one attached hydrogen (secondary N) is 2. The van der Waals surface area contributed by atoms with Crippen molar-refractivity contribution in [3.63, 3.8) is 0 Å². The van der Waals surface area contributed by atoms with E-state index >= 15 is 0 Å². The van der Waals surface area contributed by atoms with Crippen molar-refractivity contribution in [2.24, 2.45) is 0 Å². The van der Waals surface area contributed by atoms with Gasteiger partial charge in [0.2, 0.25) is 0 Å². The Balaban J connectivity index is 1.27. The van der Waals surface area contributed by atoms with Crippen LogP contribution in [0, 0.1) is 12.7 Å². The summed E-state index contributed by atoms with van der Waals surface area (Å²) in [5.74, 6) is -0.224. The average Bonchev–Trinajstić information content (AvgIpc) is 2.81. The van der Waals surface area contributed by atoms with Gasteiger partial charge >= 0.3 is 0 Å². The third kappa shape index (κ3) is 5.45. The minimum Gasteiger partial charge on any atom is -0.484 e. The quantitative estimate of drug-likeness (QED) is 0.527. The highest BCUT2D eigenvalue weighted by Gasteiger charge is 2.55. The first kappa shape index (κ1) is 24.3. The molecule has 34 heavy (non-hydrogen) atoms. The molecule has 2 aromatic carbocycles. The van der Waals surface area contributed by atoms with Gasteiger partial charge in [-0.25, -0.2) is 4.39 Å². The number of aryl methyl sites for hydroxylation is 1. The fourth-order valence-corrected chi connectivity index (χ4v) is 4.93. The third-order valence-corrected chi connectivity index (χ3v) is 7.06. The summed E-state index contributed by atoms with van der Waals surface area (Å²) < 4.78 is 24.6. The smallest absolute Gasteiger partial charge is 0.258 e. The van der Waals surface area contributed by atoms with Crippen LogP contribution in [0.25, 0.3) is 0 Å². The summed E-state index contributed by atoms with van der Waals surface area (Å²) in [6, 6.07) is 11.2. The van der Waals surface area contributed by atoms with Gasteiger partial charge in [-0.15, -0.1) is 0 Å². The van der Waals surface area contributed by atoms with E-state index < -0.39 is 23.0 Å². The van der Waals surface area contributed by atoms with E-state index in [2.05, 4.69) is 10.6 Å². The zero-order valence-corrected chi connectivity index (χ0v) is 19.7. The summed E-state index contributed by atoms with van der Waals surface area (Å²) in [6.45, 7) is 1.23. The van der Waals surface area contributed by atoms with E-state index in [9.17, 15) is 19.1 Å². The molecule has 0 spiro atoms. The number of ether oxygens (including phenoxy) is 2. The molecule has 3 saturated carbocycles. The molecule has 3 aliphatic carbocycles. The van der Waals surface area contributed by atoms with Crippen molar-refractivity contribution < 1.29 is 28.6 Å². The fourth-order valence-electron chi connectivity index (χ4n) is 4.80. The number of hydrogen-bond donors (Lipinski definition) is 3. The summed E-state index contributed by atoms with van der Waals surface area (Å²) in [7, 11) is 0. The number of carbonyl (C=O) groups excluding carboxylic acids is 2. The van der Waals surface area contributed by atoms with Gasteiger partial charge in [-0.3, -0.25) is 9.59 Å². The van der Waals surface area contributed by atoms with Crippen molar-refractivity contribution in [1.29, 1.82) is 0 Å². The molecular weight excluding hydrogens is 463 g/mol. The molecule has 5 rings (SSSR count). The molecule has 0 radical (unpaired) electrons. The molecule has 0 aromatic heterocycles. The Bertz CT molecular complexity index is 1050. The highest BCUT2D eigenvalue weighted by molar-refractivity contribution is 6.30. The molecule has 0 heterocycles. The van der Waals surface area contributed by atoms with Crippen molar-refractivity contribution in [2.75, 3.05) is 13.2 Å². The Morgan fingerprint density at radius 2 is 1.59 bits per heavy atom. The van der Waals surface area contributed by atoms with Crippen LogP contribution in [0.15, 0.2) is 42.5 Å². The number of benzene rings is 2. The molecule has 2 bridgehead atoms. The average molecular weight is 491 g/mol. The number of carbonyl (C=O) groups is 2. The van der Waals surface area contributed by atoms with Crippen LogP contribution >= 0.6 is 11.6 Å². The highest BCUT2D eigenvalue weighted by atomic mass is 35.5. The van der Waals surface area contributed by atoms with Gasteiger partial charge in [0.1, 0.15) is 17.3 Å². The number of hydrogen-bond acceptors (Lipinski definition) is 5. The normalized spacial score (nSPS) is 25.5. The van der Waals surface area contributed by atoms with Crippen LogP contribution < -0.4 is 20.1 Å². The number of rotatable bonds is 8. The van der Waals surface area contributed by atoms with Crippen molar-refractivity contribution in [1.82, 2.24) is 10.6 Å². The second-order valence-electron chi connectivity index (χ2n) is 9.20. The van der Waals surface area contributed by atoms with Crippen molar-refractivity contribution in [3.8, 4) is 11.5 Å². The zero-order chi connectivity index (χ0) is 24.3. The van der Waals surface area contributed by atoms with E-state index in [1.54, 1.807) is 43.3 Å². The molecular formula is C25H28ClFN2O5. The first-order valence-electron chi connectivity index (χ1n) is 11.3. The lowest BCUT2D eigenvalue weighted by molar-refractivity contribution is -0.137. The Morgan fingerprint density at radius 1 is 1.00 bits per heavy atom. The maximum absolute atomic E-state index is 13.7. The number of aliphatic hydroxyl groups is 1. The zero-order valence-electron chi connectivity index (χ0n) is 18.9. The topological polar surface area (TPSA) is 96.9 Å². The molecule has 3 fully saturated rings. The Morgan fingerprint density at radius 3 is 2.21 bits per heavy atom. The lowest BCUT2D eigenvalue weighted by Gasteiger charge is -2.56. The Kier molecular flexibility index (Phi) is 7.00. The van der Waals surface area contributed by atoms with Gasteiger partial charge in [0.15, 0.2) is 13.2 Å². The summed E-state index contributed by atoms with van der Waals surface area (Å²) in [6.07, 6.45) is 1.83. The van der Waals surface area contributed by atoms with Crippen LogP contribution in [-0.4, -0.2) is 47.3 Å². The summed E-state index contributed by atoms with van der Waals surface area (Å²) >= 11 is 5.85. The molecule has 9 heteroatoms. The maximum atomic E-state index is 13.7. The van der Waals surface area contributed by atoms with Crippen molar-refractivity contribution in [2.45, 2.75) is 56.2 Å². The van der Waals surface area contributed by atoms with Gasteiger partial charge in [-0.05, 0) is 74.9 Å². The first-order valence-corrected chi connectivity index (χ1v) is 11.6. The molecule has 3 N–H and O–H groups in total. The minimum atomic E-state index is -0.804. The second-order valence-corrected chi connectivity index (χ2v) is 9.63. The predicted molar refractivity (Wildman–Crippen MR) is 124 cm³/mol. The van der Waals surface area contributed by atoms with Crippen LogP contribution in [0.2, 0.25) is 5.02 Å². The van der Waals surface area contributed by atoms with E-state index in [0.29, 0.717) is 48.4 Å². The molecule has 3 aliphatic rings. The Hall–Kier alpha value is -2.84. The number of amides is 2. The van der Waals surface area contributed by atoms with Crippen LogP contribution in [0.5, 0.6) is 11.5 Å². The minimum absolute atomic E-state index is 0.172. The molecule has 1 atom stereocenters. The van der Waals surface area contributed by atoms with E-state index in [1.165, 1.54) is 6.07 Å². The molecule has 2 amide bonds. The van der Waals surface area contributed by atoms with Gasteiger partial charge in [-0.2, -0.15) is 0 Å². The van der Waals surface area contributed by atoms with Gasteiger partial charge in [0.05, 0.1) is 11.6 Å². The van der Waals surface area contributed by atoms with Gasteiger partial charge in [0, 0.05) is 16.6 Å². The Labute approximate surface area is 202 Å². The fraction of sp³-hybridized carbons (Fsp3) is 0.440. The molecule has 0 aliphatic heterocycles. The van der Waals surface area contributed by atoms with E-state index in [1.807, 2.05) is 0 Å². The van der Waals surface area contributed by atoms with Crippen molar-refractivity contribution >= 4 is 23.4 Å². The first-order chi connectivity index (χ1) is 16.2. The highest BCUT2D eigenvalue weighted by Crippen LogP contribution is 2.47. The predicted octanol–water partition coefficient (Wildman–Crippen LogP) is 3.29. The lowest BCUT2D eigenvalue weighted by Crippen LogP contribution is -2.70. The SMILES string of the molecule is Cc1ccc(OCC(=O)NC23CCC(NC(=O)COc4ccc(Cl)cc4)(CC2)[C@@H](O)C3)cc1F. The van der Waals surface area contributed by atoms with Crippen LogP contribution in [-0.2, 0) is 9.59 Å². The lowest BCUT2D eigenvalue weighted by atomic mass is 9.60. The van der Waals surface area contributed by atoms with Crippen molar-refractivity contribution in [3.05, 3.63) is 58.9 Å². The monoisotopic (exact) mass is 490 g/mol. The van der Waals surface area contributed by atoms with E-state index in [4.69, 9.17) is 21.1 Å². The summed E-state index contributed by atoms with van der Waals surface area (Å²) in [4.78, 5) is 25.0. The van der Waals surface area contributed by atoms with Crippen LogP contribution in [0.4, 0.5) is 4.39 Å². The van der Waals surface area contributed by atoms with E-state index in [0.717, 1.165) is 0 Å². The summed E-state index contributed by atoms with van der Waals surface area (Å²) in [5.41, 5.74) is -0.783. The van der Waals surface area contributed by atoms with Gasteiger partial charge < -0.3 is 25.2 Å². The number of fused-ring (bicyclic) bond motifs is 3. The summed E-state index contributed by atoms with van der Waals surface area (Å²) in [5, 5.41) is 17.4. The van der Waals surface area contributed by atoms with Crippen LogP contribution in [0.3, 0.4) is 0 Å². The van der Waals surface area contributed by atoms with E-state index in [-0.39, 0.29) is 30.8 Å². The molecule has 0 saturated heterocycles. The van der Waals surface area contributed by atoms with Crippen LogP contribution in [0.1, 0.15) is 37.7 Å². The molecule has 182 valence electrons. The number of aliphatic hydroxyl groups excluding tert-OH is 1. The number of halogens is 2. The molecule has 2 aromatic rings. The third-order valence-electron chi connectivity index (χ3n) is 6.81. The van der Waals surface area contributed by atoms with Gasteiger partial charge in [0.25, 0.3) is 11.8 Å². The largest absolute Gasteiger partial charge is 0.484 e. The molecule has 7 nitrogen and oxygen atoms in total. The molecule has 0 unspecified atom stereocenters. The maximum Gasteiger partial charge on any atom is 0.258 e. The standard InChI is InChI=1S/C25H28ClFN2O5/c1-16-2-5-19(12-20(16)27)34-14-22(31)28-24-8-10-25(11-9-24,21(30)13-24)29-23(32)15-33-18-6-3-17(26)4-7-18/h2-7,12,21,30H,8-11,13-15H2,1H3,(H,28,31)(H,29,32)/t21-,24?,25?/m0/s1.